The summed E-state index contributed by atoms with van der Waals surface area (Å²) in [6.07, 6.45) is 3.85. The Bertz CT molecular complexity index is 581. The first kappa shape index (κ1) is 13.7. The lowest BCUT2D eigenvalue weighted by Gasteiger charge is -2.27. The van der Waals surface area contributed by atoms with Gasteiger partial charge in [0.25, 0.3) is 0 Å². The van der Waals surface area contributed by atoms with Crippen LogP contribution in [0.4, 0.5) is 0 Å². The highest BCUT2D eigenvalue weighted by molar-refractivity contribution is 5.88. The first-order chi connectivity index (χ1) is 10.0. The number of nitrogens with one attached hydrogen (secondary N) is 2. The van der Waals surface area contributed by atoms with Crippen LogP contribution in [-0.4, -0.2) is 40.9 Å². The van der Waals surface area contributed by atoms with Crippen LogP contribution in [0.5, 0.6) is 0 Å². The zero-order valence-electron chi connectivity index (χ0n) is 12.0. The maximum absolute atomic E-state index is 12.4. The molecule has 2 amide bonds. The number of carbonyl (C=O) groups is 2. The molecular formula is C14H18N4O3. The number of rotatable bonds is 3. The van der Waals surface area contributed by atoms with Gasteiger partial charge >= 0.3 is 0 Å². The standard InChI is InChI=1S/C14H18N4O3/c1-9-7-18-12(13(19)15-9)6-11(16-18)14(20)17(2)8-10-4-3-5-21-10/h3-5,7,11-12,16H,6,8H2,1-2H3,(H,15,19). The molecule has 0 saturated carbocycles. The number of hydrogen-bond donors (Lipinski definition) is 2. The molecule has 0 aromatic carbocycles. The molecule has 3 heterocycles. The minimum atomic E-state index is -0.400. The number of furan rings is 1. The van der Waals surface area contributed by atoms with Crippen LogP contribution < -0.4 is 10.7 Å². The van der Waals surface area contributed by atoms with Crippen LogP contribution in [0, 0.1) is 0 Å². The van der Waals surface area contributed by atoms with E-state index in [9.17, 15) is 9.59 Å². The quantitative estimate of drug-likeness (QED) is 0.830. The number of hydrazine groups is 1. The van der Waals surface area contributed by atoms with E-state index in [1.54, 1.807) is 29.3 Å². The largest absolute Gasteiger partial charge is 0.467 e. The molecule has 0 bridgehead atoms. The van der Waals surface area contributed by atoms with Crippen molar-refractivity contribution < 1.29 is 14.0 Å². The summed E-state index contributed by atoms with van der Waals surface area (Å²) >= 11 is 0. The molecule has 0 aliphatic carbocycles. The SMILES string of the molecule is CC1=CN2NC(C(=O)N(C)Cc3ccco3)CC2C(=O)N1. The van der Waals surface area contributed by atoms with Gasteiger partial charge in [0.2, 0.25) is 11.8 Å². The highest BCUT2D eigenvalue weighted by Gasteiger charge is 2.41. The van der Waals surface area contributed by atoms with Gasteiger partial charge in [-0.05, 0) is 19.1 Å². The van der Waals surface area contributed by atoms with E-state index in [2.05, 4.69) is 10.7 Å². The summed E-state index contributed by atoms with van der Waals surface area (Å²) in [4.78, 5) is 26.0. The average Bonchev–Trinajstić information content (AvgIpc) is 3.06. The third-order valence-electron chi connectivity index (χ3n) is 3.70. The molecule has 7 nitrogen and oxygen atoms in total. The molecule has 21 heavy (non-hydrogen) atoms. The maximum Gasteiger partial charge on any atom is 0.248 e. The van der Waals surface area contributed by atoms with Crippen molar-refractivity contribution in [2.45, 2.75) is 32.0 Å². The van der Waals surface area contributed by atoms with Crippen molar-refractivity contribution in [2.24, 2.45) is 0 Å². The number of carbonyl (C=O) groups excluding carboxylic acids is 2. The molecule has 0 spiro atoms. The van der Waals surface area contributed by atoms with E-state index in [1.165, 1.54) is 0 Å². The smallest absolute Gasteiger partial charge is 0.248 e. The first-order valence-electron chi connectivity index (χ1n) is 6.86. The zero-order chi connectivity index (χ0) is 15.0. The number of allylic oxidation sites excluding steroid dienone is 1. The first-order valence-corrected chi connectivity index (χ1v) is 6.86. The third-order valence-corrected chi connectivity index (χ3v) is 3.70. The summed E-state index contributed by atoms with van der Waals surface area (Å²) < 4.78 is 5.24. The molecule has 0 radical (unpaired) electrons. The van der Waals surface area contributed by atoms with Crippen LogP contribution >= 0.6 is 0 Å². The fraction of sp³-hybridized carbons (Fsp3) is 0.429. The Labute approximate surface area is 122 Å². The second-order valence-electron chi connectivity index (χ2n) is 5.42. The zero-order valence-corrected chi connectivity index (χ0v) is 12.0. The molecule has 1 fully saturated rings. The Morgan fingerprint density at radius 3 is 3.10 bits per heavy atom. The number of nitrogens with zero attached hydrogens (tertiary/aromatic N) is 2. The normalized spacial score (nSPS) is 24.4. The van der Waals surface area contributed by atoms with Crippen LogP contribution in [0.25, 0.3) is 0 Å². The monoisotopic (exact) mass is 290 g/mol. The predicted octanol–water partition coefficient (Wildman–Crippen LogP) is 0.177. The molecule has 1 aromatic rings. The van der Waals surface area contributed by atoms with Crippen molar-refractivity contribution in [1.29, 1.82) is 0 Å². The van der Waals surface area contributed by atoms with Crippen LogP contribution in [0.15, 0.2) is 34.7 Å². The summed E-state index contributed by atoms with van der Waals surface area (Å²) in [6, 6.07) is 2.89. The van der Waals surface area contributed by atoms with Gasteiger partial charge in [0.05, 0.1) is 12.8 Å². The predicted molar refractivity (Wildman–Crippen MR) is 74.2 cm³/mol. The second-order valence-corrected chi connectivity index (χ2v) is 5.42. The Morgan fingerprint density at radius 2 is 2.38 bits per heavy atom. The minimum Gasteiger partial charge on any atom is -0.467 e. The molecular weight excluding hydrogens is 272 g/mol. The van der Waals surface area contributed by atoms with E-state index in [-0.39, 0.29) is 17.9 Å². The molecule has 112 valence electrons. The summed E-state index contributed by atoms with van der Waals surface area (Å²) in [6.45, 7) is 2.23. The molecule has 2 unspecified atom stereocenters. The van der Waals surface area contributed by atoms with Gasteiger partial charge in [0.1, 0.15) is 17.8 Å². The van der Waals surface area contributed by atoms with Crippen LogP contribution in [-0.2, 0) is 16.1 Å². The van der Waals surface area contributed by atoms with Crippen molar-refractivity contribution in [1.82, 2.24) is 20.7 Å². The van der Waals surface area contributed by atoms with Crippen molar-refractivity contribution in [3.05, 3.63) is 36.1 Å². The molecule has 1 saturated heterocycles. The Balaban J connectivity index is 1.65. The Kier molecular flexibility index (Phi) is 3.42. The van der Waals surface area contributed by atoms with Crippen molar-refractivity contribution in [3.8, 4) is 0 Å². The fourth-order valence-electron chi connectivity index (χ4n) is 2.67. The third kappa shape index (κ3) is 2.64. The number of amides is 2. The van der Waals surface area contributed by atoms with Gasteiger partial charge in [-0.15, -0.1) is 0 Å². The topological polar surface area (TPSA) is 77.8 Å². The minimum absolute atomic E-state index is 0.0559. The molecule has 7 heteroatoms. The molecule has 2 aliphatic heterocycles. The van der Waals surface area contributed by atoms with Crippen LogP contribution in [0.1, 0.15) is 19.1 Å². The van der Waals surface area contributed by atoms with Gasteiger partial charge < -0.3 is 19.6 Å². The molecule has 2 atom stereocenters. The highest BCUT2D eigenvalue weighted by Crippen LogP contribution is 2.21. The van der Waals surface area contributed by atoms with E-state index in [4.69, 9.17) is 4.42 Å². The van der Waals surface area contributed by atoms with Crippen molar-refractivity contribution in [3.63, 3.8) is 0 Å². The lowest BCUT2D eigenvalue weighted by Crippen LogP contribution is -2.49. The average molecular weight is 290 g/mol. The van der Waals surface area contributed by atoms with Crippen molar-refractivity contribution in [2.75, 3.05) is 7.05 Å². The van der Waals surface area contributed by atoms with E-state index in [0.29, 0.717) is 13.0 Å². The Hall–Kier alpha value is -2.28. The Morgan fingerprint density at radius 1 is 1.57 bits per heavy atom. The van der Waals surface area contributed by atoms with Gasteiger partial charge in [0, 0.05) is 25.4 Å². The summed E-state index contributed by atoms with van der Waals surface area (Å²) in [5, 5.41) is 4.50. The van der Waals surface area contributed by atoms with Gasteiger partial charge in [-0.1, -0.05) is 0 Å². The van der Waals surface area contributed by atoms with Crippen LogP contribution in [0.3, 0.4) is 0 Å². The second kappa shape index (κ2) is 5.25. The van der Waals surface area contributed by atoms with E-state index >= 15 is 0 Å². The van der Waals surface area contributed by atoms with Gasteiger partial charge in [0.15, 0.2) is 0 Å². The molecule has 1 aromatic heterocycles. The molecule has 2 aliphatic rings. The lowest BCUT2D eigenvalue weighted by atomic mass is 10.1. The molecule has 2 N–H and O–H groups in total. The fourth-order valence-corrected chi connectivity index (χ4v) is 2.67. The van der Waals surface area contributed by atoms with Gasteiger partial charge in [-0.25, -0.2) is 5.43 Å². The highest BCUT2D eigenvalue weighted by atomic mass is 16.3. The number of likely N-dealkylation sites (N-methyl/N-ethyl adjacent to an activating group) is 1. The van der Waals surface area contributed by atoms with Crippen molar-refractivity contribution >= 4 is 11.8 Å². The number of hydrogen-bond acceptors (Lipinski definition) is 5. The lowest BCUT2D eigenvalue weighted by molar-refractivity contribution is -0.133. The summed E-state index contributed by atoms with van der Waals surface area (Å²) in [5.41, 5.74) is 3.85. The molecule has 3 rings (SSSR count). The van der Waals surface area contributed by atoms with Crippen LogP contribution in [0.2, 0.25) is 0 Å². The van der Waals surface area contributed by atoms with E-state index < -0.39 is 6.04 Å². The summed E-state index contributed by atoms with van der Waals surface area (Å²) in [5.74, 6) is 0.598. The maximum atomic E-state index is 12.4. The van der Waals surface area contributed by atoms with E-state index in [0.717, 1.165) is 11.5 Å². The van der Waals surface area contributed by atoms with E-state index in [1.807, 2.05) is 19.2 Å². The van der Waals surface area contributed by atoms with Gasteiger partial charge in [-0.3, -0.25) is 9.59 Å². The number of fused-ring (bicyclic) bond motifs is 1. The summed E-state index contributed by atoms with van der Waals surface area (Å²) in [7, 11) is 1.73. The van der Waals surface area contributed by atoms with Gasteiger partial charge in [-0.2, -0.15) is 0 Å².